The van der Waals surface area contributed by atoms with Crippen LogP contribution in [0.15, 0.2) is 22.6 Å². The fraction of sp³-hybridized carbons (Fsp3) is 0.500. The third-order valence-corrected chi connectivity index (χ3v) is 4.61. The van der Waals surface area contributed by atoms with Crippen molar-refractivity contribution in [3.05, 3.63) is 23.8 Å². The normalized spacial score (nSPS) is 25.7. The van der Waals surface area contributed by atoms with Crippen molar-refractivity contribution in [1.82, 2.24) is 4.90 Å². The summed E-state index contributed by atoms with van der Waals surface area (Å²) >= 11 is -1.50. The van der Waals surface area contributed by atoms with Gasteiger partial charge in [-0.1, -0.05) is 6.07 Å². The molecular weight excluding hydrogens is 288 g/mol. The lowest BCUT2D eigenvalue weighted by molar-refractivity contribution is 0.150. The molecular formula is C14H20N4O2S. The molecule has 2 aliphatic heterocycles. The number of piperidine rings is 1. The van der Waals surface area contributed by atoms with Gasteiger partial charge in [0.1, 0.15) is 11.6 Å². The van der Waals surface area contributed by atoms with Gasteiger partial charge in [0.25, 0.3) is 0 Å². The van der Waals surface area contributed by atoms with E-state index in [4.69, 9.17) is 10.5 Å². The van der Waals surface area contributed by atoms with Crippen LogP contribution >= 0.6 is 0 Å². The molecule has 0 aliphatic carbocycles. The minimum atomic E-state index is -1.50. The SMILES string of the molecule is CN1CCCC(COc2cccc3c2C(N)=NS(=O)N3)C1. The van der Waals surface area contributed by atoms with E-state index < -0.39 is 11.2 Å². The number of ether oxygens (including phenoxy) is 1. The number of benzene rings is 1. The second-order valence-electron chi connectivity index (χ2n) is 5.59. The molecule has 1 fully saturated rings. The van der Waals surface area contributed by atoms with Crippen LogP contribution in [-0.2, 0) is 11.2 Å². The predicted octanol–water partition coefficient (Wildman–Crippen LogP) is 1.12. The summed E-state index contributed by atoms with van der Waals surface area (Å²) in [7, 11) is 2.14. The standard InChI is InChI=1S/C14H20N4O2S/c1-18-7-3-4-10(8-18)9-20-12-6-2-5-11-13(12)14(15)17-21(19)16-11/h2,5-6,10,16H,3-4,7-9H2,1H3,(H2,15,17). The van der Waals surface area contributed by atoms with Gasteiger partial charge >= 0.3 is 0 Å². The van der Waals surface area contributed by atoms with Gasteiger partial charge in [0, 0.05) is 12.5 Å². The molecule has 0 saturated carbocycles. The molecule has 0 amide bonds. The maximum absolute atomic E-state index is 11.5. The summed E-state index contributed by atoms with van der Waals surface area (Å²) in [5.41, 5.74) is 7.31. The van der Waals surface area contributed by atoms with E-state index in [0.717, 1.165) is 13.1 Å². The van der Waals surface area contributed by atoms with E-state index in [1.54, 1.807) is 0 Å². The lowest BCUT2D eigenvalue weighted by atomic mass is 9.99. The zero-order chi connectivity index (χ0) is 14.8. The largest absolute Gasteiger partial charge is 0.492 e. The first-order valence-corrected chi connectivity index (χ1v) is 8.21. The van der Waals surface area contributed by atoms with Gasteiger partial charge in [-0.25, -0.2) is 4.21 Å². The first-order valence-electron chi connectivity index (χ1n) is 7.11. The number of fused-ring (bicyclic) bond motifs is 1. The van der Waals surface area contributed by atoms with E-state index in [9.17, 15) is 4.21 Å². The molecule has 2 atom stereocenters. The summed E-state index contributed by atoms with van der Waals surface area (Å²) in [6.07, 6.45) is 2.40. The Hall–Kier alpha value is -1.60. The lowest BCUT2D eigenvalue weighted by Crippen LogP contribution is -2.35. The molecule has 6 nitrogen and oxygen atoms in total. The van der Waals surface area contributed by atoms with Crippen molar-refractivity contribution in [2.75, 3.05) is 31.5 Å². The summed E-state index contributed by atoms with van der Waals surface area (Å²) < 4.78 is 24.1. The quantitative estimate of drug-likeness (QED) is 0.877. The highest BCUT2D eigenvalue weighted by atomic mass is 32.2. The average molecular weight is 308 g/mol. The number of likely N-dealkylation sites (tertiary alicyclic amines) is 1. The van der Waals surface area contributed by atoms with Gasteiger partial charge < -0.3 is 15.4 Å². The molecule has 0 radical (unpaired) electrons. The molecule has 3 rings (SSSR count). The average Bonchev–Trinajstić information content (AvgIpc) is 2.44. The zero-order valence-corrected chi connectivity index (χ0v) is 12.9. The highest BCUT2D eigenvalue weighted by Crippen LogP contribution is 2.30. The van der Waals surface area contributed by atoms with Gasteiger partial charge in [-0.2, -0.15) is 4.40 Å². The number of nitrogens with zero attached hydrogens (tertiary/aromatic N) is 2. The molecule has 2 unspecified atom stereocenters. The maximum Gasteiger partial charge on any atom is 0.245 e. The molecule has 1 saturated heterocycles. The fourth-order valence-corrected chi connectivity index (χ4v) is 3.54. The maximum atomic E-state index is 11.5. The monoisotopic (exact) mass is 308 g/mol. The van der Waals surface area contributed by atoms with Gasteiger partial charge in [0.15, 0.2) is 0 Å². The fourth-order valence-electron chi connectivity index (χ4n) is 2.87. The smallest absolute Gasteiger partial charge is 0.245 e. The minimum Gasteiger partial charge on any atom is -0.492 e. The highest BCUT2D eigenvalue weighted by molar-refractivity contribution is 7.85. The van der Waals surface area contributed by atoms with Crippen LogP contribution in [0.1, 0.15) is 18.4 Å². The predicted molar refractivity (Wildman–Crippen MR) is 84.6 cm³/mol. The van der Waals surface area contributed by atoms with Crippen LogP contribution in [0.5, 0.6) is 5.75 Å². The number of anilines is 1. The van der Waals surface area contributed by atoms with Crippen LogP contribution in [0.2, 0.25) is 0 Å². The van der Waals surface area contributed by atoms with Crippen LogP contribution in [-0.4, -0.2) is 41.7 Å². The van der Waals surface area contributed by atoms with E-state index in [1.807, 2.05) is 18.2 Å². The molecule has 114 valence electrons. The molecule has 0 bridgehead atoms. The second kappa shape index (κ2) is 6.03. The number of hydrogen-bond donors (Lipinski definition) is 2. The van der Waals surface area contributed by atoms with Crippen molar-refractivity contribution < 1.29 is 8.95 Å². The van der Waals surface area contributed by atoms with Crippen molar-refractivity contribution in [1.29, 1.82) is 0 Å². The van der Waals surface area contributed by atoms with E-state index in [0.29, 0.717) is 29.5 Å². The Morgan fingerprint density at radius 2 is 2.43 bits per heavy atom. The van der Waals surface area contributed by atoms with Crippen LogP contribution in [0.25, 0.3) is 0 Å². The Morgan fingerprint density at radius 1 is 1.57 bits per heavy atom. The van der Waals surface area contributed by atoms with Crippen molar-refractivity contribution in [3.63, 3.8) is 0 Å². The highest BCUT2D eigenvalue weighted by Gasteiger charge is 2.22. The Bertz CT molecular complexity index is 590. The summed E-state index contributed by atoms with van der Waals surface area (Å²) in [6, 6.07) is 5.57. The molecule has 3 N–H and O–H groups in total. The summed E-state index contributed by atoms with van der Waals surface area (Å²) in [5.74, 6) is 1.49. The molecule has 21 heavy (non-hydrogen) atoms. The molecule has 0 aromatic heterocycles. The summed E-state index contributed by atoms with van der Waals surface area (Å²) in [6.45, 7) is 2.88. The van der Waals surface area contributed by atoms with E-state index in [-0.39, 0.29) is 5.84 Å². The number of rotatable bonds is 3. The third kappa shape index (κ3) is 3.19. The van der Waals surface area contributed by atoms with Crippen LogP contribution in [0.3, 0.4) is 0 Å². The first kappa shape index (κ1) is 14.3. The van der Waals surface area contributed by atoms with Crippen LogP contribution < -0.4 is 15.2 Å². The number of hydrogen-bond acceptors (Lipinski definition) is 4. The van der Waals surface area contributed by atoms with Gasteiger partial charge in [-0.15, -0.1) is 0 Å². The topological polar surface area (TPSA) is 80.0 Å². The van der Waals surface area contributed by atoms with Crippen molar-refractivity contribution in [3.8, 4) is 5.75 Å². The first-order chi connectivity index (χ1) is 10.1. The zero-order valence-electron chi connectivity index (χ0n) is 12.0. The lowest BCUT2D eigenvalue weighted by Gasteiger charge is -2.29. The number of amidine groups is 1. The van der Waals surface area contributed by atoms with Crippen molar-refractivity contribution in [2.24, 2.45) is 16.0 Å². The van der Waals surface area contributed by atoms with Gasteiger partial charge in [0.2, 0.25) is 11.2 Å². The van der Waals surface area contributed by atoms with Crippen molar-refractivity contribution >= 4 is 22.7 Å². The van der Waals surface area contributed by atoms with E-state index in [1.165, 1.54) is 12.8 Å². The molecule has 1 aromatic rings. The van der Waals surface area contributed by atoms with E-state index in [2.05, 4.69) is 21.1 Å². The minimum absolute atomic E-state index is 0.262. The molecule has 7 heteroatoms. The second-order valence-corrected chi connectivity index (χ2v) is 6.47. The Labute approximate surface area is 127 Å². The van der Waals surface area contributed by atoms with Gasteiger partial charge in [-0.3, -0.25) is 4.72 Å². The number of nitrogens with one attached hydrogen (secondary N) is 1. The van der Waals surface area contributed by atoms with Crippen LogP contribution in [0.4, 0.5) is 5.69 Å². The Morgan fingerprint density at radius 3 is 3.24 bits per heavy atom. The third-order valence-electron chi connectivity index (χ3n) is 3.86. The summed E-state index contributed by atoms with van der Waals surface area (Å²) in [5, 5.41) is 0. The molecule has 2 aliphatic rings. The molecule has 1 aromatic carbocycles. The Balaban J connectivity index is 1.74. The summed E-state index contributed by atoms with van der Waals surface area (Å²) in [4.78, 5) is 2.33. The Kier molecular flexibility index (Phi) is 4.12. The van der Waals surface area contributed by atoms with Gasteiger partial charge in [0.05, 0.1) is 17.9 Å². The van der Waals surface area contributed by atoms with Crippen LogP contribution in [0, 0.1) is 5.92 Å². The number of nitrogens with two attached hydrogens (primary N) is 1. The van der Waals surface area contributed by atoms with E-state index >= 15 is 0 Å². The van der Waals surface area contributed by atoms with Crippen molar-refractivity contribution in [2.45, 2.75) is 12.8 Å². The molecule has 2 heterocycles. The van der Waals surface area contributed by atoms with Gasteiger partial charge in [-0.05, 0) is 38.6 Å². The molecule has 0 spiro atoms.